The Morgan fingerprint density at radius 1 is 1.00 bits per heavy atom. The number of hydrogen-bond donors (Lipinski definition) is 1. The van der Waals surface area contributed by atoms with Crippen molar-refractivity contribution in [1.82, 2.24) is 5.32 Å². The summed E-state index contributed by atoms with van der Waals surface area (Å²) in [5.41, 5.74) is 0. The average Bonchev–Trinajstić information content (AvgIpc) is 2.75. The fourth-order valence-electron chi connectivity index (χ4n) is 3.98. The predicted molar refractivity (Wildman–Crippen MR) is 70.5 cm³/mol. The molecule has 2 rings (SSSR count). The van der Waals surface area contributed by atoms with Crippen LogP contribution in [0.5, 0.6) is 0 Å². The van der Waals surface area contributed by atoms with Gasteiger partial charge in [-0.2, -0.15) is 0 Å². The second-order valence-corrected chi connectivity index (χ2v) is 6.18. The summed E-state index contributed by atoms with van der Waals surface area (Å²) < 4.78 is 0. The summed E-state index contributed by atoms with van der Waals surface area (Å²) >= 11 is 0. The molecule has 2 aliphatic rings. The average molecular weight is 223 g/mol. The van der Waals surface area contributed by atoms with Crippen molar-refractivity contribution in [2.24, 2.45) is 23.7 Å². The molecule has 1 heteroatoms. The highest BCUT2D eigenvalue weighted by atomic mass is 14.8. The Balaban J connectivity index is 1.82. The maximum absolute atomic E-state index is 3.57. The van der Waals surface area contributed by atoms with Gasteiger partial charge in [0.1, 0.15) is 0 Å². The molecule has 1 nitrogen and oxygen atoms in total. The van der Waals surface area contributed by atoms with Crippen LogP contribution in [0.2, 0.25) is 0 Å². The summed E-state index contributed by atoms with van der Waals surface area (Å²) in [5.74, 6) is 4.14. The quantitative estimate of drug-likeness (QED) is 0.763. The van der Waals surface area contributed by atoms with E-state index in [1.54, 1.807) is 0 Å². The van der Waals surface area contributed by atoms with E-state index in [-0.39, 0.29) is 0 Å². The monoisotopic (exact) mass is 223 g/mol. The first-order valence-electron chi connectivity index (χ1n) is 7.52. The van der Waals surface area contributed by atoms with E-state index >= 15 is 0 Å². The Kier molecular flexibility index (Phi) is 4.69. The molecule has 2 saturated carbocycles. The summed E-state index contributed by atoms with van der Waals surface area (Å²) in [5, 5.41) is 3.57. The van der Waals surface area contributed by atoms with Crippen LogP contribution in [0.4, 0.5) is 0 Å². The van der Waals surface area contributed by atoms with Gasteiger partial charge >= 0.3 is 0 Å². The smallest absolute Gasteiger partial charge is 0.00179 e. The normalized spacial score (nSPS) is 40.1. The molecule has 0 aromatic rings. The first kappa shape index (κ1) is 12.4. The molecule has 0 bridgehead atoms. The molecule has 2 atom stereocenters. The lowest BCUT2D eigenvalue weighted by atomic mass is 9.73. The van der Waals surface area contributed by atoms with Crippen molar-refractivity contribution in [3.05, 3.63) is 0 Å². The largest absolute Gasteiger partial charge is 0.317 e. The van der Waals surface area contributed by atoms with Crippen LogP contribution in [-0.4, -0.2) is 13.1 Å². The third-order valence-electron chi connectivity index (χ3n) is 5.04. The van der Waals surface area contributed by atoms with E-state index in [2.05, 4.69) is 19.2 Å². The zero-order chi connectivity index (χ0) is 11.4. The standard InChI is InChI=1S/C15H29N/c1-3-16-11-14-5-4-6-15(14)13-9-7-12(2)8-10-13/h12-16H,3-11H2,1-2H3. The number of rotatable bonds is 4. The third kappa shape index (κ3) is 3.00. The zero-order valence-electron chi connectivity index (χ0n) is 11.2. The van der Waals surface area contributed by atoms with Gasteiger partial charge < -0.3 is 5.32 Å². The summed E-state index contributed by atoms with van der Waals surface area (Å²) in [6.07, 6.45) is 10.5. The Labute approximate surface area is 101 Å². The van der Waals surface area contributed by atoms with Crippen molar-refractivity contribution in [1.29, 1.82) is 0 Å². The fraction of sp³-hybridized carbons (Fsp3) is 1.00. The number of nitrogens with one attached hydrogen (secondary N) is 1. The van der Waals surface area contributed by atoms with Gasteiger partial charge in [-0.15, -0.1) is 0 Å². The van der Waals surface area contributed by atoms with Crippen LogP contribution in [0.3, 0.4) is 0 Å². The lowest BCUT2D eigenvalue weighted by molar-refractivity contribution is 0.175. The highest BCUT2D eigenvalue weighted by molar-refractivity contribution is 4.86. The van der Waals surface area contributed by atoms with E-state index < -0.39 is 0 Å². The highest BCUT2D eigenvalue weighted by Crippen LogP contribution is 2.43. The van der Waals surface area contributed by atoms with Crippen molar-refractivity contribution in [2.45, 2.75) is 58.8 Å². The summed E-state index contributed by atoms with van der Waals surface area (Å²) in [6, 6.07) is 0. The Bertz CT molecular complexity index is 194. The van der Waals surface area contributed by atoms with Crippen LogP contribution >= 0.6 is 0 Å². The molecule has 0 saturated heterocycles. The van der Waals surface area contributed by atoms with Crippen molar-refractivity contribution >= 4 is 0 Å². The molecule has 2 fully saturated rings. The van der Waals surface area contributed by atoms with Gasteiger partial charge in [-0.25, -0.2) is 0 Å². The van der Waals surface area contributed by atoms with Crippen molar-refractivity contribution in [2.75, 3.05) is 13.1 Å². The molecule has 2 aliphatic carbocycles. The van der Waals surface area contributed by atoms with Crippen LogP contribution in [-0.2, 0) is 0 Å². The fourth-order valence-corrected chi connectivity index (χ4v) is 3.98. The molecule has 0 spiro atoms. The minimum atomic E-state index is 0.998. The molecular weight excluding hydrogens is 194 g/mol. The van der Waals surface area contributed by atoms with Gasteiger partial charge in [0, 0.05) is 0 Å². The maximum atomic E-state index is 3.57. The van der Waals surface area contributed by atoms with Crippen molar-refractivity contribution < 1.29 is 0 Å². The maximum Gasteiger partial charge on any atom is -0.00179 e. The van der Waals surface area contributed by atoms with Crippen molar-refractivity contribution in [3.8, 4) is 0 Å². The molecule has 0 heterocycles. The summed E-state index contributed by atoms with van der Waals surface area (Å²) in [6.45, 7) is 7.09. The Morgan fingerprint density at radius 3 is 2.44 bits per heavy atom. The van der Waals surface area contributed by atoms with Gasteiger partial charge in [-0.1, -0.05) is 33.1 Å². The molecule has 0 aromatic carbocycles. The second-order valence-electron chi connectivity index (χ2n) is 6.18. The molecular formula is C15H29N. The first-order chi connectivity index (χ1) is 7.81. The summed E-state index contributed by atoms with van der Waals surface area (Å²) in [7, 11) is 0. The second kappa shape index (κ2) is 6.05. The van der Waals surface area contributed by atoms with E-state index in [4.69, 9.17) is 0 Å². The van der Waals surface area contributed by atoms with Gasteiger partial charge in [-0.05, 0) is 62.4 Å². The molecule has 94 valence electrons. The van der Waals surface area contributed by atoms with E-state index in [0.717, 1.165) is 30.2 Å². The lowest BCUT2D eigenvalue weighted by Gasteiger charge is -2.34. The van der Waals surface area contributed by atoms with Gasteiger partial charge in [-0.3, -0.25) is 0 Å². The van der Waals surface area contributed by atoms with Gasteiger partial charge in [0.05, 0.1) is 0 Å². The van der Waals surface area contributed by atoms with Gasteiger partial charge in [0.15, 0.2) is 0 Å². The van der Waals surface area contributed by atoms with Crippen LogP contribution in [0.25, 0.3) is 0 Å². The summed E-state index contributed by atoms with van der Waals surface area (Å²) in [4.78, 5) is 0. The minimum Gasteiger partial charge on any atom is -0.317 e. The molecule has 0 aromatic heterocycles. The van der Waals surface area contributed by atoms with E-state index in [0.29, 0.717) is 0 Å². The molecule has 0 radical (unpaired) electrons. The molecule has 0 aliphatic heterocycles. The van der Waals surface area contributed by atoms with Crippen LogP contribution in [0.15, 0.2) is 0 Å². The van der Waals surface area contributed by atoms with Crippen molar-refractivity contribution in [3.63, 3.8) is 0 Å². The van der Waals surface area contributed by atoms with E-state index in [1.165, 1.54) is 51.5 Å². The van der Waals surface area contributed by atoms with E-state index in [1.807, 2.05) is 0 Å². The molecule has 0 amide bonds. The number of hydrogen-bond acceptors (Lipinski definition) is 1. The van der Waals surface area contributed by atoms with E-state index in [9.17, 15) is 0 Å². The Morgan fingerprint density at radius 2 is 1.75 bits per heavy atom. The van der Waals surface area contributed by atoms with Gasteiger partial charge in [0.2, 0.25) is 0 Å². The topological polar surface area (TPSA) is 12.0 Å². The minimum absolute atomic E-state index is 0.998. The molecule has 2 unspecified atom stereocenters. The molecule has 16 heavy (non-hydrogen) atoms. The Hall–Kier alpha value is -0.0400. The third-order valence-corrected chi connectivity index (χ3v) is 5.04. The molecule has 1 N–H and O–H groups in total. The van der Waals surface area contributed by atoms with Crippen LogP contribution < -0.4 is 5.32 Å². The first-order valence-corrected chi connectivity index (χ1v) is 7.52. The van der Waals surface area contributed by atoms with Gasteiger partial charge in [0.25, 0.3) is 0 Å². The van der Waals surface area contributed by atoms with Crippen LogP contribution in [0.1, 0.15) is 58.8 Å². The van der Waals surface area contributed by atoms with Crippen LogP contribution in [0, 0.1) is 23.7 Å². The SMILES string of the molecule is CCNCC1CCCC1C1CCC(C)CC1. The lowest BCUT2D eigenvalue weighted by Crippen LogP contribution is -2.30. The predicted octanol–water partition coefficient (Wildman–Crippen LogP) is 3.84. The zero-order valence-corrected chi connectivity index (χ0v) is 11.2. The highest BCUT2D eigenvalue weighted by Gasteiger charge is 2.34.